The Kier molecular flexibility index (Phi) is 131. The average molecular weight is 255 g/mol. The van der Waals surface area contributed by atoms with Crippen LogP contribution in [0.15, 0.2) is 0 Å². The predicted molar refractivity (Wildman–Crippen MR) is 23.8 cm³/mol. The molecule has 0 aliphatic rings. The van der Waals surface area contributed by atoms with Crippen LogP contribution in [-0.4, -0.2) is 41.5 Å². The van der Waals surface area contributed by atoms with E-state index >= 15 is 0 Å². The molecule has 0 unspecified atom stereocenters. The van der Waals surface area contributed by atoms with Crippen molar-refractivity contribution >= 4 is 41.5 Å². The van der Waals surface area contributed by atoms with Crippen molar-refractivity contribution in [3.8, 4) is 0 Å². The molecule has 0 rings (SSSR count). The van der Waals surface area contributed by atoms with Crippen LogP contribution in [0.2, 0.25) is 0 Å². The summed E-state index contributed by atoms with van der Waals surface area (Å²) in [6, 6.07) is 0. The Morgan fingerprint density at radius 2 is 1.25 bits per heavy atom. The Balaban J connectivity index is 0. The Morgan fingerprint density at radius 3 is 1.25 bits per heavy atom. The number of hydrogen-bond acceptors (Lipinski definition) is 0. The second-order valence-electron chi connectivity index (χ2n) is 0. The van der Waals surface area contributed by atoms with Crippen molar-refractivity contribution in [2.75, 3.05) is 0 Å². The summed E-state index contributed by atoms with van der Waals surface area (Å²) in [5, 5.41) is 0. The van der Waals surface area contributed by atoms with E-state index in [-0.39, 0.29) is 83.5 Å². The molecule has 0 amide bonds. The van der Waals surface area contributed by atoms with Crippen molar-refractivity contribution in [3.63, 3.8) is 0 Å². The van der Waals surface area contributed by atoms with E-state index in [2.05, 4.69) is 0 Å². The molecule has 0 spiro atoms. The van der Waals surface area contributed by atoms with Gasteiger partial charge in [0.05, 0.1) is 0 Å². The van der Waals surface area contributed by atoms with Gasteiger partial charge in [0, 0.05) is 21.7 Å². The monoisotopic (exact) mass is 258 g/mol. The van der Waals surface area contributed by atoms with E-state index < -0.39 is 0 Å². The van der Waals surface area contributed by atoms with Crippen LogP contribution in [0, 0.1) is 0 Å². The smallest absolute Gasteiger partial charge is 0 e. The molecular weight excluding hydrogens is 246 g/mol. The van der Waals surface area contributed by atoms with Crippen LogP contribution in [0.3, 0.4) is 0 Å². The molecule has 0 aliphatic heterocycles. The molecule has 4 heavy (non-hydrogen) atoms. The molecule has 0 nitrogen and oxygen atoms in total. The molecule has 0 aliphatic carbocycles. The quantitative estimate of drug-likeness (QED) is 0.378. The van der Waals surface area contributed by atoms with E-state index in [0.29, 0.717) is 0 Å². The third-order valence-electron chi connectivity index (χ3n) is 0. The van der Waals surface area contributed by atoms with Gasteiger partial charge in [0.1, 0.15) is 0 Å². The summed E-state index contributed by atoms with van der Waals surface area (Å²) in [7, 11) is 0. The zero-order valence-corrected chi connectivity index (χ0v) is 3.06. The molecule has 0 saturated heterocycles. The zero-order chi connectivity index (χ0) is 0. The second-order valence-corrected chi connectivity index (χ2v) is 0. The van der Waals surface area contributed by atoms with Gasteiger partial charge < -0.3 is 1.43 Å². The van der Waals surface area contributed by atoms with Crippen molar-refractivity contribution in [1.82, 2.24) is 0 Å². The largest absolute Gasteiger partial charge is 0 e. The molecule has 0 aromatic carbocycles. The average Bonchev–Trinajstić information content (AvgIpc) is 0. The molecule has 0 saturated carbocycles. The molecular formula is H9GeLiSnTi. The molecule has 0 fully saturated rings. The number of hydrogen-bond donors (Lipinski definition) is 0. The molecule has 4 heteroatoms. The summed E-state index contributed by atoms with van der Waals surface area (Å²) in [5.41, 5.74) is 0. The Hall–Kier alpha value is 2.65. The minimum absolute atomic E-state index is 0. The van der Waals surface area contributed by atoms with Crippen molar-refractivity contribution in [2.45, 2.75) is 0 Å². The van der Waals surface area contributed by atoms with Crippen LogP contribution in [0.4, 0.5) is 0 Å². The summed E-state index contributed by atoms with van der Waals surface area (Å²) in [6.45, 7) is 0. The fraction of sp³-hybridized carbons (Fsp3) is 0. The minimum atomic E-state index is 0. The van der Waals surface area contributed by atoms with Gasteiger partial charge in [-0.05, 0) is 0 Å². The van der Waals surface area contributed by atoms with Gasteiger partial charge in [-0.15, -0.1) is 0 Å². The molecule has 22 valence electrons. The first-order valence-electron chi connectivity index (χ1n) is 0. The van der Waals surface area contributed by atoms with Gasteiger partial charge in [0.2, 0.25) is 0 Å². The van der Waals surface area contributed by atoms with E-state index in [1.807, 2.05) is 0 Å². The van der Waals surface area contributed by atoms with Gasteiger partial charge >= 0.3 is 60.4 Å². The zero-order valence-electron chi connectivity index (χ0n) is 2.50. The van der Waals surface area contributed by atoms with Crippen molar-refractivity contribution < 1.29 is 42.0 Å². The van der Waals surface area contributed by atoms with Crippen LogP contribution < -0.4 is 18.9 Å². The Morgan fingerprint density at radius 1 is 1.25 bits per heavy atom. The third kappa shape index (κ3) is 8.82. The fourth-order valence-corrected chi connectivity index (χ4v) is 0. The molecule has 0 heterocycles. The first kappa shape index (κ1) is 30.2. The SMILES string of the molecule is [GeH4].[H-].[Li+].[SnH4].[Ti]. The van der Waals surface area contributed by atoms with Crippen LogP contribution in [0.1, 0.15) is 1.43 Å². The summed E-state index contributed by atoms with van der Waals surface area (Å²) in [4.78, 5) is 0. The molecule has 0 aromatic rings. The second kappa shape index (κ2) is 17.4. The van der Waals surface area contributed by atoms with E-state index in [9.17, 15) is 0 Å². The minimum Gasteiger partial charge on any atom is 0 e. The third-order valence-corrected chi connectivity index (χ3v) is 0. The van der Waals surface area contributed by atoms with E-state index in [0.717, 1.165) is 0 Å². The van der Waals surface area contributed by atoms with Crippen LogP contribution in [0.25, 0.3) is 0 Å². The normalized spacial score (nSPS) is 0. The van der Waals surface area contributed by atoms with Crippen molar-refractivity contribution in [3.05, 3.63) is 0 Å². The predicted octanol–water partition coefficient (Wildman–Crippen LogP) is -5.79. The molecule has 0 aromatic heterocycles. The van der Waals surface area contributed by atoms with Crippen LogP contribution in [0.5, 0.6) is 0 Å². The summed E-state index contributed by atoms with van der Waals surface area (Å²) < 4.78 is 0. The van der Waals surface area contributed by atoms with Crippen LogP contribution in [-0.2, 0) is 21.7 Å². The fourth-order valence-electron chi connectivity index (χ4n) is 0. The summed E-state index contributed by atoms with van der Waals surface area (Å²) in [5.74, 6) is 0. The maximum absolute atomic E-state index is 0. The Labute approximate surface area is 82.3 Å². The maximum atomic E-state index is 0. The number of rotatable bonds is 0. The summed E-state index contributed by atoms with van der Waals surface area (Å²) >= 11 is 0. The standard InChI is InChI=1S/GeH4.Li.Sn.Ti.5H/h1H4;;;;;;;;/q;+1;;;;;;;-1. The van der Waals surface area contributed by atoms with Crippen molar-refractivity contribution in [1.29, 1.82) is 0 Å². The van der Waals surface area contributed by atoms with Gasteiger partial charge in [0.25, 0.3) is 0 Å². The van der Waals surface area contributed by atoms with Gasteiger partial charge in [-0.2, -0.15) is 0 Å². The first-order chi connectivity index (χ1) is 0. The topological polar surface area (TPSA) is 0 Å². The van der Waals surface area contributed by atoms with Crippen molar-refractivity contribution in [2.24, 2.45) is 0 Å². The van der Waals surface area contributed by atoms with E-state index in [1.165, 1.54) is 0 Å². The van der Waals surface area contributed by atoms with Gasteiger partial charge in [-0.1, -0.05) is 0 Å². The van der Waals surface area contributed by atoms with Gasteiger partial charge in [0.15, 0.2) is 0 Å². The maximum Gasteiger partial charge on any atom is 0 e. The summed E-state index contributed by atoms with van der Waals surface area (Å²) in [6.07, 6.45) is 0. The molecule has 0 N–H and O–H groups in total. The van der Waals surface area contributed by atoms with Gasteiger partial charge in [-0.3, -0.25) is 0 Å². The molecule has 0 bridgehead atoms. The Bertz CT molecular complexity index is 11.6. The van der Waals surface area contributed by atoms with E-state index in [1.54, 1.807) is 0 Å². The van der Waals surface area contributed by atoms with Gasteiger partial charge in [-0.25, -0.2) is 0 Å². The van der Waals surface area contributed by atoms with E-state index in [4.69, 9.17) is 0 Å². The first-order valence-corrected chi connectivity index (χ1v) is 0. The molecule has 0 atom stereocenters. The molecule has 0 radical (unpaired) electrons. The van der Waals surface area contributed by atoms with Crippen LogP contribution >= 0.6 is 0 Å².